The van der Waals surface area contributed by atoms with Crippen LogP contribution in [0.15, 0.2) is 12.1 Å². The molecule has 4 rings (SSSR count). The molecule has 1 aromatic carbocycles. The van der Waals surface area contributed by atoms with E-state index in [1.54, 1.807) is 9.80 Å². The lowest BCUT2D eigenvalue weighted by Gasteiger charge is -2.33. The highest BCUT2D eigenvalue weighted by Crippen LogP contribution is 2.40. The van der Waals surface area contributed by atoms with Gasteiger partial charge in [0.2, 0.25) is 5.91 Å². The largest absolute Gasteiger partial charge is 0.419 e. The van der Waals surface area contributed by atoms with E-state index < -0.39 is 23.5 Å². The highest BCUT2D eigenvalue weighted by atomic mass is 31.0. The van der Waals surface area contributed by atoms with Crippen molar-refractivity contribution >= 4 is 26.4 Å². The van der Waals surface area contributed by atoms with E-state index in [-0.39, 0.29) is 35.8 Å². The highest BCUT2D eigenvalue weighted by Gasteiger charge is 2.40. The third-order valence-corrected chi connectivity index (χ3v) is 6.74. The molecule has 1 saturated heterocycles. The van der Waals surface area contributed by atoms with Crippen LogP contribution in [0.4, 0.5) is 17.6 Å². The molecular weight excluding hydrogens is 447 g/mol. The number of alkyl halides is 3. The number of benzene rings is 1. The number of likely N-dealkylation sites (tertiary alicyclic amines) is 1. The summed E-state index contributed by atoms with van der Waals surface area (Å²) in [5, 5.41) is 6.87. The molecule has 2 aliphatic rings. The van der Waals surface area contributed by atoms with Crippen LogP contribution in [0.5, 0.6) is 0 Å². The molecule has 2 aromatic rings. The Bertz CT molecular complexity index is 1060. The Hall–Kier alpha value is -2.48. The number of hydrogen-bond acceptors (Lipinski definition) is 3. The van der Waals surface area contributed by atoms with Gasteiger partial charge < -0.3 is 9.80 Å². The summed E-state index contributed by atoms with van der Waals surface area (Å²) >= 11 is 0. The number of halogens is 4. The zero-order valence-corrected chi connectivity index (χ0v) is 18.6. The average Bonchev–Trinajstić information content (AvgIpc) is 3.17. The van der Waals surface area contributed by atoms with Gasteiger partial charge >= 0.3 is 6.18 Å². The number of nitrogens with one attached hydrogen (secondary N) is 1. The first-order chi connectivity index (χ1) is 15.1. The number of H-pyrrole nitrogens is 1. The van der Waals surface area contributed by atoms with Crippen LogP contribution in [-0.4, -0.2) is 51.4 Å². The van der Waals surface area contributed by atoms with Gasteiger partial charge in [-0.05, 0) is 30.7 Å². The Morgan fingerprint density at radius 1 is 1.16 bits per heavy atom. The van der Waals surface area contributed by atoms with Crippen LogP contribution < -0.4 is 5.30 Å². The molecule has 0 spiro atoms. The quantitative estimate of drug-likeness (QED) is 0.542. The van der Waals surface area contributed by atoms with Gasteiger partial charge in [-0.15, -0.1) is 9.24 Å². The van der Waals surface area contributed by atoms with Gasteiger partial charge in [0.25, 0.3) is 5.91 Å². The first-order valence-electron chi connectivity index (χ1n) is 10.3. The number of hydrogen-bond donors (Lipinski definition) is 1. The maximum atomic E-state index is 14.3. The van der Waals surface area contributed by atoms with Gasteiger partial charge in [0.1, 0.15) is 5.82 Å². The summed E-state index contributed by atoms with van der Waals surface area (Å²) in [6.45, 7) is 2.87. The van der Waals surface area contributed by atoms with Crippen molar-refractivity contribution in [1.82, 2.24) is 20.0 Å². The number of nitrogens with zero attached hydrogens (tertiary/aromatic N) is 3. The lowest BCUT2D eigenvalue weighted by molar-refractivity contribution is -0.140. The Morgan fingerprint density at radius 3 is 2.47 bits per heavy atom. The third-order valence-electron chi connectivity index (χ3n) is 6.29. The maximum absolute atomic E-state index is 14.3. The Kier molecular flexibility index (Phi) is 6.00. The van der Waals surface area contributed by atoms with Crippen molar-refractivity contribution in [2.75, 3.05) is 19.6 Å². The standard InChI is InChI=1S/C21H23F4N4O2P/c1-11(30)29-9-6-14-15(10-29)26-27-19(14)20(31)28-7-4-12(5-8-28)13-2-3-16(32)18(22)17(13)21(23,24)25/h2-3,12H,4-10,32H2,1H3,(H,26,27). The number of fused-ring (bicyclic) bond motifs is 1. The fourth-order valence-electron chi connectivity index (χ4n) is 4.54. The maximum Gasteiger partial charge on any atom is 0.419 e. The zero-order valence-electron chi connectivity index (χ0n) is 17.4. The van der Waals surface area contributed by atoms with Crippen LogP contribution >= 0.6 is 9.24 Å². The minimum absolute atomic E-state index is 0.0513. The molecule has 3 heterocycles. The zero-order chi connectivity index (χ0) is 23.2. The topological polar surface area (TPSA) is 69.3 Å². The van der Waals surface area contributed by atoms with Crippen LogP contribution in [0.1, 0.15) is 58.6 Å². The van der Waals surface area contributed by atoms with Crippen LogP contribution in [0, 0.1) is 5.82 Å². The predicted molar refractivity (Wildman–Crippen MR) is 112 cm³/mol. The van der Waals surface area contributed by atoms with Crippen molar-refractivity contribution in [1.29, 1.82) is 0 Å². The summed E-state index contributed by atoms with van der Waals surface area (Å²) in [5.41, 5.74) is 0.538. The summed E-state index contributed by atoms with van der Waals surface area (Å²) in [7, 11) is 1.99. The summed E-state index contributed by atoms with van der Waals surface area (Å²) in [4.78, 5) is 27.9. The van der Waals surface area contributed by atoms with E-state index in [2.05, 4.69) is 10.2 Å². The van der Waals surface area contributed by atoms with Crippen molar-refractivity contribution < 1.29 is 27.2 Å². The molecule has 0 radical (unpaired) electrons. The van der Waals surface area contributed by atoms with E-state index in [9.17, 15) is 27.2 Å². The van der Waals surface area contributed by atoms with E-state index in [1.165, 1.54) is 19.1 Å². The summed E-state index contributed by atoms with van der Waals surface area (Å²) < 4.78 is 54.9. The van der Waals surface area contributed by atoms with E-state index in [0.717, 1.165) is 11.3 Å². The number of rotatable bonds is 2. The molecule has 1 N–H and O–H groups in total. The van der Waals surface area contributed by atoms with Gasteiger partial charge in [-0.2, -0.15) is 18.3 Å². The Labute approximate surface area is 184 Å². The molecule has 0 saturated carbocycles. The minimum Gasteiger partial charge on any atom is -0.337 e. The molecule has 1 atom stereocenters. The molecule has 32 heavy (non-hydrogen) atoms. The van der Waals surface area contributed by atoms with Crippen molar-refractivity contribution in [2.24, 2.45) is 0 Å². The Balaban J connectivity index is 1.49. The van der Waals surface area contributed by atoms with E-state index in [4.69, 9.17) is 0 Å². The van der Waals surface area contributed by atoms with Crippen LogP contribution in [0.2, 0.25) is 0 Å². The molecule has 6 nitrogen and oxygen atoms in total. The molecule has 0 bridgehead atoms. The number of aromatic nitrogens is 2. The van der Waals surface area contributed by atoms with E-state index >= 15 is 0 Å². The molecule has 1 unspecified atom stereocenters. The number of amides is 2. The summed E-state index contributed by atoms with van der Waals surface area (Å²) in [6, 6.07) is 2.67. The molecule has 0 aliphatic carbocycles. The molecule has 1 aromatic heterocycles. The minimum atomic E-state index is -4.79. The molecule has 11 heteroatoms. The van der Waals surface area contributed by atoms with Crippen molar-refractivity contribution in [2.45, 2.75) is 44.8 Å². The summed E-state index contributed by atoms with van der Waals surface area (Å²) in [5.74, 6) is -2.08. The third kappa shape index (κ3) is 4.12. The number of piperidine rings is 1. The summed E-state index contributed by atoms with van der Waals surface area (Å²) in [6.07, 6.45) is -3.68. The van der Waals surface area contributed by atoms with Gasteiger partial charge in [-0.1, -0.05) is 12.1 Å². The molecule has 172 valence electrons. The lowest BCUT2D eigenvalue weighted by atomic mass is 9.86. The van der Waals surface area contributed by atoms with Crippen molar-refractivity contribution in [3.63, 3.8) is 0 Å². The number of carbonyl (C=O) groups is 2. The molecular formula is C21H23F4N4O2P. The van der Waals surface area contributed by atoms with Gasteiger partial charge in [0.05, 0.1) is 17.8 Å². The fraction of sp³-hybridized carbons (Fsp3) is 0.476. The van der Waals surface area contributed by atoms with E-state index in [0.29, 0.717) is 38.0 Å². The Morgan fingerprint density at radius 2 is 1.84 bits per heavy atom. The first-order valence-corrected chi connectivity index (χ1v) is 10.9. The van der Waals surface area contributed by atoms with Gasteiger partial charge in [0, 0.05) is 37.4 Å². The second kappa shape index (κ2) is 8.46. The smallest absolute Gasteiger partial charge is 0.337 e. The van der Waals surface area contributed by atoms with Crippen LogP contribution in [0.25, 0.3) is 0 Å². The van der Waals surface area contributed by atoms with Gasteiger partial charge in [-0.3, -0.25) is 14.7 Å². The van der Waals surface area contributed by atoms with Crippen LogP contribution in [0.3, 0.4) is 0 Å². The predicted octanol–water partition coefficient (Wildman–Crippen LogP) is 2.99. The molecule has 1 fully saturated rings. The van der Waals surface area contributed by atoms with Crippen LogP contribution in [-0.2, 0) is 23.9 Å². The molecule has 2 amide bonds. The number of carbonyl (C=O) groups excluding carboxylic acids is 2. The normalized spacial score (nSPS) is 17.4. The lowest BCUT2D eigenvalue weighted by Crippen LogP contribution is -2.39. The van der Waals surface area contributed by atoms with E-state index in [1.807, 2.05) is 9.24 Å². The second-order valence-electron chi connectivity index (χ2n) is 8.22. The fourth-order valence-corrected chi connectivity index (χ4v) is 4.78. The number of aromatic amines is 1. The second-order valence-corrected chi connectivity index (χ2v) is 8.84. The van der Waals surface area contributed by atoms with Crippen molar-refractivity contribution in [3.8, 4) is 0 Å². The SMILES string of the molecule is CC(=O)N1CCc2c(C(=O)N3CCC(c4ccc(P)c(F)c4C(F)(F)F)CC3)n[nH]c2C1. The van der Waals surface area contributed by atoms with Gasteiger partial charge in [0.15, 0.2) is 5.69 Å². The first kappa shape index (κ1) is 22.7. The highest BCUT2D eigenvalue weighted by molar-refractivity contribution is 7.27. The van der Waals surface area contributed by atoms with Gasteiger partial charge in [-0.25, -0.2) is 4.39 Å². The average molecular weight is 470 g/mol. The van der Waals surface area contributed by atoms with Crippen molar-refractivity contribution in [3.05, 3.63) is 46.0 Å². The monoisotopic (exact) mass is 470 g/mol. The molecule has 2 aliphatic heterocycles.